The van der Waals surface area contributed by atoms with Crippen molar-refractivity contribution in [2.75, 3.05) is 39.3 Å². The number of imide groups is 2. The van der Waals surface area contributed by atoms with E-state index in [1.54, 1.807) is 0 Å². The zero-order valence-corrected chi connectivity index (χ0v) is 25.2. The van der Waals surface area contributed by atoms with Gasteiger partial charge in [0.25, 0.3) is 0 Å². The standard InChI is InChI=1S/C28H28Cl2N4O10/c1-17(35)41-27(43-21-7-3-19(29)4-8-21)33-23(37)13-31(14-24(33)38)11-12-32-15-25(39)34(26(40)16-32)28(42-18(2)36)44-22-9-5-20(30)6-10-22/h3-10,27-28H,11-16H2,1-2H3. The average molecular weight is 651 g/mol. The highest BCUT2D eigenvalue weighted by molar-refractivity contribution is 6.30. The predicted molar refractivity (Wildman–Crippen MR) is 152 cm³/mol. The second kappa shape index (κ2) is 14.5. The fourth-order valence-corrected chi connectivity index (χ4v) is 4.58. The van der Waals surface area contributed by atoms with Crippen molar-refractivity contribution in [1.82, 2.24) is 19.6 Å². The third-order valence-corrected chi connectivity index (χ3v) is 6.80. The van der Waals surface area contributed by atoms with E-state index in [1.165, 1.54) is 58.3 Å². The fourth-order valence-electron chi connectivity index (χ4n) is 4.33. The number of esters is 2. The summed E-state index contributed by atoms with van der Waals surface area (Å²) in [7, 11) is 0. The van der Waals surface area contributed by atoms with Gasteiger partial charge in [0, 0.05) is 37.0 Å². The monoisotopic (exact) mass is 650 g/mol. The van der Waals surface area contributed by atoms with Crippen LogP contribution in [0.25, 0.3) is 0 Å². The van der Waals surface area contributed by atoms with Gasteiger partial charge in [0.2, 0.25) is 23.6 Å². The molecule has 2 aliphatic rings. The molecule has 44 heavy (non-hydrogen) atoms. The van der Waals surface area contributed by atoms with Crippen LogP contribution in [0.1, 0.15) is 13.8 Å². The SMILES string of the molecule is CC(=O)OC(Oc1ccc(Cl)cc1)N1C(=O)CN(CCN2CC(=O)N(C(OC(C)=O)Oc3ccc(Cl)cc3)C(=O)C2)CC1=O. The Hall–Kier alpha value is -4.24. The van der Waals surface area contributed by atoms with Crippen LogP contribution in [0.2, 0.25) is 10.0 Å². The number of benzene rings is 2. The molecule has 0 N–H and O–H groups in total. The van der Waals surface area contributed by atoms with Crippen LogP contribution >= 0.6 is 23.2 Å². The van der Waals surface area contributed by atoms with Crippen molar-refractivity contribution in [3.05, 3.63) is 58.6 Å². The second-order valence-corrected chi connectivity index (χ2v) is 10.6. The number of hydrogen-bond donors (Lipinski definition) is 0. The summed E-state index contributed by atoms with van der Waals surface area (Å²) in [5, 5.41) is 0.866. The van der Waals surface area contributed by atoms with Gasteiger partial charge in [-0.05, 0) is 48.5 Å². The van der Waals surface area contributed by atoms with Gasteiger partial charge in [-0.15, -0.1) is 0 Å². The summed E-state index contributed by atoms with van der Waals surface area (Å²) in [6, 6.07) is 12.1. The fraction of sp³-hybridized carbons (Fsp3) is 0.357. The summed E-state index contributed by atoms with van der Waals surface area (Å²) in [6.45, 7) is 1.64. The summed E-state index contributed by atoms with van der Waals surface area (Å²) < 4.78 is 21.4. The van der Waals surface area contributed by atoms with E-state index in [4.69, 9.17) is 42.1 Å². The number of piperazine rings is 2. The van der Waals surface area contributed by atoms with Crippen molar-refractivity contribution >= 4 is 58.8 Å². The number of hydrogen-bond acceptors (Lipinski definition) is 12. The maximum absolute atomic E-state index is 13.0. The minimum absolute atomic E-state index is 0.150. The van der Waals surface area contributed by atoms with E-state index in [0.29, 0.717) is 10.0 Å². The first-order valence-corrected chi connectivity index (χ1v) is 14.0. The summed E-state index contributed by atoms with van der Waals surface area (Å²) in [4.78, 5) is 79.9. The molecule has 2 aromatic carbocycles. The zero-order chi connectivity index (χ0) is 32.0. The van der Waals surface area contributed by atoms with Crippen molar-refractivity contribution in [1.29, 1.82) is 0 Å². The lowest BCUT2D eigenvalue weighted by Crippen LogP contribution is -2.62. The molecule has 4 amide bonds. The molecule has 0 aliphatic carbocycles. The number of amides is 4. The average Bonchev–Trinajstić information content (AvgIpc) is 2.93. The Morgan fingerprint density at radius 3 is 1.18 bits per heavy atom. The van der Waals surface area contributed by atoms with E-state index in [9.17, 15) is 28.8 Å². The third-order valence-electron chi connectivity index (χ3n) is 6.30. The lowest BCUT2D eigenvalue weighted by atomic mass is 10.2. The van der Waals surface area contributed by atoms with Crippen molar-refractivity contribution in [3.63, 3.8) is 0 Å². The highest BCUT2D eigenvalue weighted by Crippen LogP contribution is 2.22. The number of halogens is 2. The number of carbonyl (C=O) groups excluding carboxylic acids is 6. The Bertz CT molecular complexity index is 1280. The first kappa shape index (κ1) is 32.7. The minimum atomic E-state index is -1.63. The van der Waals surface area contributed by atoms with Crippen LogP contribution < -0.4 is 9.47 Å². The van der Waals surface area contributed by atoms with Gasteiger partial charge in [-0.1, -0.05) is 23.2 Å². The van der Waals surface area contributed by atoms with E-state index in [-0.39, 0.29) is 50.8 Å². The summed E-state index contributed by atoms with van der Waals surface area (Å²) in [6.07, 6.45) is -3.25. The van der Waals surface area contributed by atoms with E-state index in [0.717, 1.165) is 23.6 Å². The van der Waals surface area contributed by atoms with Crippen molar-refractivity contribution in [2.24, 2.45) is 0 Å². The summed E-state index contributed by atoms with van der Waals surface area (Å²) >= 11 is 11.8. The normalized spacial score (nSPS) is 17.7. The van der Waals surface area contributed by atoms with Gasteiger partial charge in [0.1, 0.15) is 11.5 Å². The van der Waals surface area contributed by atoms with Crippen LogP contribution in [0, 0.1) is 0 Å². The van der Waals surface area contributed by atoms with Crippen molar-refractivity contribution < 1.29 is 47.7 Å². The Morgan fingerprint density at radius 1 is 0.614 bits per heavy atom. The summed E-state index contributed by atoms with van der Waals surface area (Å²) in [5.74, 6) is -3.82. The molecule has 2 saturated heterocycles. The van der Waals surface area contributed by atoms with Gasteiger partial charge in [-0.2, -0.15) is 0 Å². The Morgan fingerprint density at radius 2 is 0.909 bits per heavy atom. The van der Waals surface area contributed by atoms with Gasteiger partial charge in [0.15, 0.2) is 0 Å². The lowest BCUT2D eigenvalue weighted by Gasteiger charge is -2.38. The van der Waals surface area contributed by atoms with Crippen LogP contribution in [0.15, 0.2) is 48.5 Å². The molecule has 2 aliphatic heterocycles. The molecule has 2 fully saturated rings. The molecule has 0 radical (unpaired) electrons. The van der Waals surface area contributed by atoms with Gasteiger partial charge >= 0.3 is 24.8 Å². The van der Waals surface area contributed by atoms with E-state index in [2.05, 4.69) is 0 Å². The highest BCUT2D eigenvalue weighted by atomic mass is 35.5. The van der Waals surface area contributed by atoms with Crippen LogP contribution in [-0.2, 0) is 38.2 Å². The largest absolute Gasteiger partial charge is 0.437 e. The topological polar surface area (TPSA) is 152 Å². The molecule has 2 aromatic rings. The molecule has 4 rings (SSSR count). The molecule has 234 valence electrons. The van der Waals surface area contributed by atoms with Crippen LogP contribution in [0.4, 0.5) is 0 Å². The third kappa shape index (κ3) is 8.66. The maximum atomic E-state index is 13.0. The Kier molecular flexibility index (Phi) is 10.8. The molecular formula is C28H28Cl2N4O10. The smallest absolute Gasteiger partial charge is 0.338 e. The molecule has 2 unspecified atom stereocenters. The number of ether oxygens (including phenoxy) is 4. The molecule has 0 bridgehead atoms. The van der Waals surface area contributed by atoms with Gasteiger partial charge in [-0.25, -0.2) is 9.80 Å². The number of carbonyl (C=O) groups is 6. The molecule has 0 spiro atoms. The van der Waals surface area contributed by atoms with Crippen LogP contribution in [-0.4, -0.2) is 107 Å². The number of rotatable bonds is 11. The molecular weight excluding hydrogens is 623 g/mol. The van der Waals surface area contributed by atoms with Crippen molar-refractivity contribution in [2.45, 2.75) is 26.7 Å². The maximum Gasteiger partial charge on any atom is 0.338 e. The van der Waals surface area contributed by atoms with Crippen LogP contribution in [0.3, 0.4) is 0 Å². The number of nitrogens with zero attached hydrogens (tertiary/aromatic N) is 4. The van der Waals surface area contributed by atoms with Crippen molar-refractivity contribution in [3.8, 4) is 11.5 Å². The van der Waals surface area contributed by atoms with E-state index >= 15 is 0 Å². The highest BCUT2D eigenvalue weighted by Gasteiger charge is 2.41. The predicted octanol–water partition coefficient (Wildman–Crippen LogP) is 1.49. The molecule has 2 heterocycles. The van der Waals surface area contributed by atoms with Crippen LogP contribution in [0.5, 0.6) is 11.5 Å². The molecule has 0 saturated carbocycles. The minimum Gasteiger partial charge on any atom is -0.437 e. The zero-order valence-electron chi connectivity index (χ0n) is 23.6. The van der Waals surface area contributed by atoms with Gasteiger partial charge in [0.05, 0.1) is 26.2 Å². The summed E-state index contributed by atoms with van der Waals surface area (Å²) in [5.41, 5.74) is 0. The Labute approximate surface area is 261 Å². The van der Waals surface area contributed by atoms with Gasteiger partial charge < -0.3 is 18.9 Å². The molecule has 2 atom stereocenters. The van der Waals surface area contributed by atoms with E-state index < -0.39 is 48.4 Å². The molecule has 14 nitrogen and oxygen atoms in total. The van der Waals surface area contributed by atoms with E-state index in [1.807, 2.05) is 0 Å². The lowest BCUT2D eigenvalue weighted by molar-refractivity contribution is -0.205. The first-order chi connectivity index (χ1) is 20.9. The Balaban J connectivity index is 1.34. The first-order valence-electron chi connectivity index (χ1n) is 13.2. The molecule has 16 heteroatoms. The van der Waals surface area contributed by atoms with Gasteiger partial charge in [-0.3, -0.25) is 38.6 Å². The quantitative estimate of drug-likeness (QED) is 0.197. The second-order valence-electron chi connectivity index (χ2n) is 9.71. The molecule has 0 aromatic heterocycles.